The van der Waals surface area contributed by atoms with Crippen molar-refractivity contribution in [2.75, 3.05) is 0 Å². The van der Waals surface area contributed by atoms with E-state index in [1.807, 2.05) is 6.07 Å². The fourth-order valence-corrected chi connectivity index (χ4v) is 4.24. The van der Waals surface area contributed by atoms with E-state index in [4.69, 9.17) is 29.6 Å². The number of rotatable bonds is 6. The zero-order valence-corrected chi connectivity index (χ0v) is 18.1. The Bertz CT molecular complexity index is 947. The Morgan fingerprint density at radius 1 is 1.23 bits per heavy atom. The Morgan fingerprint density at radius 2 is 1.92 bits per heavy atom. The van der Waals surface area contributed by atoms with Crippen molar-refractivity contribution in [2.24, 2.45) is 11.7 Å². The van der Waals surface area contributed by atoms with Crippen molar-refractivity contribution in [1.82, 2.24) is 4.57 Å². The molecule has 136 valence electrons. The van der Waals surface area contributed by atoms with Crippen molar-refractivity contribution < 1.29 is 0 Å². The first-order valence-electron chi connectivity index (χ1n) is 8.65. The van der Waals surface area contributed by atoms with Crippen LogP contribution in [0, 0.1) is 12.8 Å². The van der Waals surface area contributed by atoms with E-state index in [0.29, 0.717) is 10.9 Å². The molecule has 1 atom stereocenters. The summed E-state index contributed by atoms with van der Waals surface area (Å²) in [7, 11) is 0. The molecule has 0 bridgehead atoms. The van der Waals surface area contributed by atoms with Gasteiger partial charge in [-0.15, -0.1) is 0 Å². The smallest absolute Gasteiger partial charge is 0.0730 e. The summed E-state index contributed by atoms with van der Waals surface area (Å²) < 4.78 is 3.46. The first-order valence-corrected chi connectivity index (χ1v) is 10.2. The molecule has 0 saturated carbocycles. The van der Waals surface area contributed by atoms with Gasteiger partial charge >= 0.3 is 0 Å². The first-order chi connectivity index (χ1) is 12.3. The summed E-state index contributed by atoms with van der Waals surface area (Å²) in [6, 6.07) is 14.6. The fourth-order valence-electron chi connectivity index (χ4n) is 3.52. The van der Waals surface area contributed by atoms with Gasteiger partial charge in [-0.3, -0.25) is 0 Å². The number of hydrogen-bond acceptors (Lipinski definition) is 1. The molecule has 2 N–H and O–H groups in total. The molecule has 26 heavy (non-hydrogen) atoms. The minimum atomic E-state index is 0.400. The maximum absolute atomic E-state index is 6.30. The summed E-state index contributed by atoms with van der Waals surface area (Å²) in [6.07, 6.45) is 1.70. The molecule has 1 heterocycles. The van der Waals surface area contributed by atoms with E-state index in [1.165, 1.54) is 27.7 Å². The van der Waals surface area contributed by atoms with Gasteiger partial charge in [0.1, 0.15) is 0 Å². The summed E-state index contributed by atoms with van der Waals surface area (Å²) in [4.78, 5) is 0.576. The van der Waals surface area contributed by atoms with Crippen LogP contribution in [0.25, 0.3) is 10.9 Å². The molecule has 3 rings (SSSR count). The maximum atomic E-state index is 6.30. The van der Waals surface area contributed by atoms with E-state index in [1.54, 1.807) is 0 Å². The molecule has 2 aromatic carbocycles. The number of aromatic nitrogens is 1. The number of halogens is 2. The molecule has 1 aromatic heterocycles. The molecule has 0 amide bonds. The Balaban J connectivity index is 2.04. The molecule has 0 fully saturated rings. The first kappa shape index (κ1) is 19.4. The lowest BCUT2D eigenvalue weighted by molar-refractivity contribution is 0.604. The van der Waals surface area contributed by atoms with Gasteiger partial charge in [0.15, 0.2) is 0 Å². The number of fused-ring (bicyclic) bond motifs is 1. The lowest BCUT2D eigenvalue weighted by Crippen LogP contribution is -2.14. The number of thiocarbonyl (C=S) groups is 1. The second kappa shape index (κ2) is 8.12. The van der Waals surface area contributed by atoms with Gasteiger partial charge in [-0.25, -0.2) is 0 Å². The van der Waals surface area contributed by atoms with Crippen molar-refractivity contribution in [3.63, 3.8) is 0 Å². The highest BCUT2D eigenvalue weighted by Crippen LogP contribution is 2.31. The number of benzene rings is 2. The summed E-state index contributed by atoms with van der Waals surface area (Å²) in [6.45, 7) is 5.22. The zero-order chi connectivity index (χ0) is 18.8. The second-order valence-electron chi connectivity index (χ2n) is 6.92. The third-order valence-electron chi connectivity index (χ3n) is 4.77. The molecule has 1 unspecified atom stereocenters. The van der Waals surface area contributed by atoms with Gasteiger partial charge in [-0.05, 0) is 60.7 Å². The van der Waals surface area contributed by atoms with Gasteiger partial charge in [-0.2, -0.15) is 0 Å². The average Bonchev–Trinajstić information content (AvgIpc) is 2.81. The predicted molar refractivity (Wildman–Crippen MR) is 119 cm³/mol. The van der Waals surface area contributed by atoms with Crippen LogP contribution in [-0.2, 0) is 13.0 Å². The number of hydrogen-bond donors (Lipinski definition) is 1. The molecular weight excluding hydrogens is 428 g/mol. The quantitative estimate of drug-likeness (QED) is 0.450. The summed E-state index contributed by atoms with van der Waals surface area (Å²) >= 11 is 14.9. The third-order valence-corrected chi connectivity index (χ3v) is 5.70. The van der Waals surface area contributed by atoms with Crippen molar-refractivity contribution in [3.05, 3.63) is 68.8 Å². The SMILES string of the molecule is Cc1c(CC(C)CC(N)=S)c2cc(Cl)ccc2n1Cc1ccc(Br)cc1. The largest absolute Gasteiger partial charge is 0.393 e. The van der Waals surface area contributed by atoms with Crippen LogP contribution in [0.2, 0.25) is 5.02 Å². The highest BCUT2D eigenvalue weighted by atomic mass is 79.9. The average molecular weight is 450 g/mol. The number of nitrogens with two attached hydrogens (primary N) is 1. The van der Waals surface area contributed by atoms with Crippen molar-refractivity contribution in [1.29, 1.82) is 0 Å². The molecule has 0 aliphatic rings. The predicted octanol–water partition coefficient (Wildman–Crippen LogP) is 6.27. The van der Waals surface area contributed by atoms with Gasteiger partial charge in [0.2, 0.25) is 0 Å². The zero-order valence-electron chi connectivity index (χ0n) is 14.9. The Hall–Kier alpha value is -1.36. The summed E-state index contributed by atoms with van der Waals surface area (Å²) in [5.74, 6) is 0.400. The molecule has 0 aliphatic carbocycles. The van der Waals surface area contributed by atoms with Gasteiger partial charge in [0.25, 0.3) is 0 Å². The van der Waals surface area contributed by atoms with Crippen molar-refractivity contribution in [2.45, 2.75) is 33.2 Å². The van der Waals surface area contributed by atoms with Crippen LogP contribution < -0.4 is 5.73 Å². The van der Waals surface area contributed by atoms with Crippen LogP contribution in [-0.4, -0.2) is 9.56 Å². The molecule has 0 spiro atoms. The van der Waals surface area contributed by atoms with E-state index < -0.39 is 0 Å². The van der Waals surface area contributed by atoms with Crippen molar-refractivity contribution >= 4 is 55.6 Å². The monoisotopic (exact) mass is 448 g/mol. The fraction of sp³-hybridized carbons (Fsp3) is 0.286. The van der Waals surface area contributed by atoms with E-state index in [9.17, 15) is 0 Å². The van der Waals surface area contributed by atoms with Crippen LogP contribution in [0.1, 0.15) is 30.2 Å². The van der Waals surface area contributed by atoms with Gasteiger partial charge in [0.05, 0.1) is 4.99 Å². The minimum Gasteiger partial charge on any atom is -0.393 e. The summed E-state index contributed by atoms with van der Waals surface area (Å²) in [5.41, 5.74) is 10.8. The van der Waals surface area contributed by atoms with Gasteiger partial charge < -0.3 is 10.3 Å². The molecule has 0 radical (unpaired) electrons. The lowest BCUT2D eigenvalue weighted by atomic mass is 9.96. The minimum absolute atomic E-state index is 0.400. The van der Waals surface area contributed by atoms with E-state index in [2.05, 4.69) is 70.7 Å². The molecule has 3 aromatic rings. The normalized spacial score (nSPS) is 12.5. The van der Waals surface area contributed by atoms with Gasteiger partial charge in [0, 0.05) is 39.1 Å². The van der Waals surface area contributed by atoms with E-state index in [-0.39, 0.29) is 0 Å². The third kappa shape index (κ3) is 4.30. The molecule has 5 heteroatoms. The standard InChI is InChI=1S/C21H22BrClN2S/c1-13(10-21(24)26)9-18-14(2)25(12-15-3-5-16(22)6-4-15)20-8-7-17(23)11-19(18)20/h3-8,11,13H,9-10,12H2,1-2H3,(H2,24,26). The Kier molecular flexibility index (Phi) is 6.06. The highest BCUT2D eigenvalue weighted by molar-refractivity contribution is 9.10. The lowest BCUT2D eigenvalue weighted by Gasteiger charge is -2.12. The molecule has 0 aliphatic heterocycles. The van der Waals surface area contributed by atoms with Gasteiger partial charge in [-0.1, -0.05) is 58.8 Å². The second-order valence-corrected chi connectivity index (χ2v) is 8.79. The van der Waals surface area contributed by atoms with Crippen LogP contribution in [0.3, 0.4) is 0 Å². The Morgan fingerprint density at radius 3 is 2.58 bits per heavy atom. The van der Waals surface area contributed by atoms with Crippen LogP contribution in [0.15, 0.2) is 46.9 Å². The molecule has 2 nitrogen and oxygen atoms in total. The Labute approximate surface area is 173 Å². The summed E-state index contributed by atoms with van der Waals surface area (Å²) in [5, 5.41) is 1.99. The highest BCUT2D eigenvalue weighted by Gasteiger charge is 2.17. The van der Waals surface area contributed by atoms with Crippen LogP contribution >= 0.6 is 39.7 Å². The molecule has 0 saturated heterocycles. The van der Waals surface area contributed by atoms with Crippen LogP contribution in [0.4, 0.5) is 0 Å². The molecular formula is C21H22BrClN2S. The van der Waals surface area contributed by atoms with E-state index in [0.717, 1.165) is 28.9 Å². The van der Waals surface area contributed by atoms with Crippen LogP contribution in [0.5, 0.6) is 0 Å². The maximum Gasteiger partial charge on any atom is 0.0730 e. The van der Waals surface area contributed by atoms with E-state index >= 15 is 0 Å². The van der Waals surface area contributed by atoms with Crippen molar-refractivity contribution in [3.8, 4) is 0 Å². The topological polar surface area (TPSA) is 30.9 Å². The number of nitrogens with zero attached hydrogens (tertiary/aromatic N) is 1.